The van der Waals surface area contributed by atoms with Crippen LogP contribution < -0.4 is 11.5 Å². The van der Waals surface area contributed by atoms with Gasteiger partial charge in [0.15, 0.2) is 0 Å². The van der Waals surface area contributed by atoms with Crippen LogP contribution in [0.1, 0.15) is 38.3 Å². The van der Waals surface area contributed by atoms with Gasteiger partial charge in [-0.05, 0) is 52.4 Å². The molecule has 1 rings (SSSR count). The van der Waals surface area contributed by atoms with Gasteiger partial charge in [-0.3, -0.25) is 0 Å². The number of nitrogen functional groups attached to an aromatic ring is 1. The van der Waals surface area contributed by atoms with Crippen LogP contribution in [0.3, 0.4) is 0 Å². The average molecular weight is 387 g/mol. The van der Waals surface area contributed by atoms with Crippen LogP contribution in [-0.4, -0.2) is 0 Å². The average Bonchev–Trinajstić information content (AvgIpc) is 2.19. The molecule has 1 aromatic rings. The fourth-order valence-electron chi connectivity index (χ4n) is 1.58. The van der Waals surface area contributed by atoms with Gasteiger partial charge in [0.2, 0.25) is 0 Å². The number of hydrogen-bond donors (Lipinski definition) is 2. The minimum Gasteiger partial charge on any atom is -0.398 e. The molecule has 5 heteroatoms. The van der Waals surface area contributed by atoms with Gasteiger partial charge in [0.05, 0.1) is 5.69 Å². The number of anilines is 1. The van der Waals surface area contributed by atoms with Crippen molar-refractivity contribution in [3.05, 3.63) is 26.6 Å². The van der Waals surface area contributed by atoms with Crippen molar-refractivity contribution in [3.63, 3.8) is 0 Å². The lowest BCUT2D eigenvalue weighted by Crippen LogP contribution is -2.13. The van der Waals surface area contributed by atoms with Crippen molar-refractivity contribution in [3.8, 4) is 0 Å². The van der Waals surface area contributed by atoms with Crippen LogP contribution in [0.4, 0.5) is 5.69 Å². The highest BCUT2D eigenvalue weighted by Crippen LogP contribution is 2.33. The second-order valence-corrected chi connectivity index (χ2v) is 6.24. The minimum absolute atomic E-state index is 0. The lowest BCUT2D eigenvalue weighted by atomic mass is 9.97. The normalized spacial score (nSPS) is 12.4. The summed E-state index contributed by atoms with van der Waals surface area (Å²) in [5.41, 5.74) is 13.9. The molecule has 0 aliphatic rings. The Bertz CT molecular complexity index is 370. The van der Waals surface area contributed by atoms with Crippen LogP contribution in [-0.2, 0) is 0 Å². The molecule has 2 nitrogen and oxygen atoms in total. The van der Waals surface area contributed by atoms with E-state index in [2.05, 4.69) is 45.7 Å². The molecule has 0 aromatic heterocycles. The molecule has 0 aliphatic heterocycles. The first-order valence-corrected chi connectivity index (χ1v) is 7.00. The van der Waals surface area contributed by atoms with Crippen molar-refractivity contribution >= 4 is 50.0 Å². The molecular formula is C12H19Br2ClN2. The molecule has 0 amide bonds. The maximum atomic E-state index is 6.16. The van der Waals surface area contributed by atoms with Gasteiger partial charge in [-0.15, -0.1) is 12.4 Å². The molecule has 0 fully saturated rings. The molecule has 0 bridgehead atoms. The van der Waals surface area contributed by atoms with Gasteiger partial charge in [-0.25, -0.2) is 0 Å². The Morgan fingerprint density at radius 1 is 1.18 bits per heavy atom. The monoisotopic (exact) mass is 384 g/mol. The Morgan fingerprint density at radius 2 is 1.76 bits per heavy atom. The van der Waals surface area contributed by atoms with Crippen molar-refractivity contribution < 1.29 is 0 Å². The lowest BCUT2D eigenvalue weighted by molar-refractivity contribution is 0.507. The molecule has 0 heterocycles. The summed E-state index contributed by atoms with van der Waals surface area (Å²) in [7, 11) is 0. The molecule has 0 unspecified atom stereocenters. The van der Waals surface area contributed by atoms with E-state index in [-0.39, 0.29) is 18.4 Å². The van der Waals surface area contributed by atoms with Crippen molar-refractivity contribution in [1.82, 2.24) is 0 Å². The van der Waals surface area contributed by atoms with Crippen molar-refractivity contribution in [2.24, 2.45) is 11.7 Å². The highest BCUT2D eigenvalue weighted by Gasteiger charge is 2.13. The van der Waals surface area contributed by atoms with E-state index >= 15 is 0 Å². The van der Waals surface area contributed by atoms with Gasteiger partial charge >= 0.3 is 0 Å². The fourth-order valence-corrected chi connectivity index (χ4v) is 2.84. The summed E-state index contributed by atoms with van der Waals surface area (Å²) < 4.78 is 1.90. The Kier molecular flexibility index (Phi) is 7.72. The summed E-state index contributed by atoms with van der Waals surface area (Å²) in [4.78, 5) is 0. The van der Waals surface area contributed by atoms with E-state index in [0.29, 0.717) is 5.92 Å². The lowest BCUT2D eigenvalue weighted by Gasteiger charge is -2.17. The fraction of sp³-hybridized carbons (Fsp3) is 0.500. The Labute approximate surface area is 126 Å². The second kappa shape index (κ2) is 7.62. The van der Waals surface area contributed by atoms with E-state index in [1.54, 1.807) is 0 Å². The molecule has 1 aromatic carbocycles. The van der Waals surface area contributed by atoms with Crippen LogP contribution in [0.2, 0.25) is 0 Å². The predicted molar refractivity (Wildman–Crippen MR) is 84.5 cm³/mol. The van der Waals surface area contributed by atoms with Gasteiger partial charge in [0.25, 0.3) is 0 Å². The van der Waals surface area contributed by atoms with E-state index < -0.39 is 0 Å². The van der Waals surface area contributed by atoms with Gasteiger partial charge in [-0.2, -0.15) is 0 Å². The van der Waals surface area contributed by atoms with Crippen LogP contribution in [0.25, 0.3) is 0 Å². The zero-order valence-corrected chi connectivity index (χ0v) is 14.0. The first-order valence-electron chi connectivity index (χ1n) is 5.41. The number of halogens is 3. The maximum Gasteiger partial charge on any atom is 0.0507 e. The molecular weight excluding hydrogens is 367 g/mol. The first kappa shape index (κ1) is 17.2. The first-order chi connectivity index (χ1) is 7.41. The summed E-state index contributed by atoms with van der Waals surface area (Å²) in [5, 5.41) is 0. The second-order valence-electron chi connectivity index (χ2n) is 4.47. The minimum atomic E-state index is 0. The van der Waals surface area contributed by atoms with Crippen molar-refractivity contribution in [2.45, 2.75) is 32.7 Å². The number of benzene rings is 1. The summed E-state index contributed by atoms with van der Waals surface area (Å²) >= 11 is 6.89. The van der Waals surface area contributed by atoms with Crippen LogP contribution >= 0.6 is 44.3 Å². The summed E-state index contributed by atoms with van der Waals surface area (Å²) in [6.07, 6.45) is 2.08. The van der Waals surface area contributed by atoms with Crippen molar-refractivity contribution in [2.75, 3.05) is 5.73 Å². The molecule has 98 valence electrons. The SMILES string of the molecule is CC(C)CC[C@H](N)c1cc(Br)cc(Br)c1N.Cl. The zero-order chi connectivity index (χ0) is 12.3. The Hall–Kier alpha value is 0.230. The Balaban J connectivity index is 0.00000256. The van der Waals surface area contributed by atoms with E-state index in [9.17, 15) is 0 Å². The molecule has 1 atom stereocenters. The highest BCUT2D eigenvalue weighted by atomic mass is 79.9. The summed E-state index contributed by atoms with van der Waals surface area (Å²) in [6, 6.07) is 3.95. The number of nitrogens with two attached hydrogens (primary N) is 2. The number of rotatable bonds is 4. The molecule has 0 saturated heterocycles. The zero-order valence-electron chi connectivity index (χ0n) is 10.0. The van der Waals surface area contributed by atoms with Gasteiger partial charge < -0.3 is 11.5 Å². The third-order valence-electron chi connectivity index (χ3n) is 2.58. The van der Waals surface area contributed by atoms with Crippen LogP contribution in [0.15, 0.2) is 21.1 Å². The van der Waals surface area contributed by atoms with Gasteiger partial charge in [-0.1, -0.05) is 29.8 Å². The topological polar surface area (TPSA) is 52.0 Å². The third kappa shape index (κ3) is 5.16. The molecule has 0 spiro atoms. The smallest absolute Gasteiger partial charge is 0.0507 e. The summed E-state index contributed by atoms with van der Waals surface area (Å²) in [6.45, 7) is 4.40. The standard InChI is InChI=1S/C12H18Br2N2.ClH/c1-7(2)3-4-11(15)9-5-8(13)6-10(14)12(9)16;/h5-7,11H,3-4,15-16H2,1-2H3;1H/t11-;/m0./s1. The van der Waals surface area contributed by atoms with E-state index in [0.717, 1.165) is 33.0 Å². The van der Waals surface area contributed by atoms with E-state index in [1.165, 1.54) is 0 Å². The van der Waals surface area contributed by atoms with E-state index in [1.807, 2.05) is 12.1 Å². The highest BCUT2D eigenvalue weighted by molar-refractivity contribution is 9.11. The molecule has 0 aliphatic carbocycles. The maximum absolute atomic E-state index is 6.16. The largest absolute Gasteiger partial charge is 0.398 e. The molecule has 0 saturated carbocycles. The Morgan fingerprint density at radius 3 is 2.29 bits per heavy atom. The summed E-state index contributed by atoms with van der Waals surface area (Å²) in [5.74, 6) is 0.669. The molecule has 0 radical (unpaired) electrons. The number of hydrogen-bond acceptors (Lipinski definition) is 2. The van der Waals surface area contributed by atoms with Crippen molar-refractivity contribution in [1.29, 1.82) is 0 Å². The molecule has 17 heavy (non-hydrogen) atoms. The van der Waals surface area contributed by atoms with E-state index in [4.69, 9.17) is 11.5 Å². The van der Waals surface area contributed by atoms with Crippen LogP contribution in [0.5, 0.6) is 0 Å². The van der Waals surface area contributed by atoms with Crippen LogP contribution in [0, 0.1) is 5.92 Å². The van der Waals surface area contributed by atoms with Gasteiger partial charge in [0, 0.05) is 15.0 Å². The van der Waals surface area contributed by atoms with Gasteiger partial charge in [0.1, 0.15) is 0 Å². The third-order valence-corrected chi connectivity index (χ3v) is 3.69. The quantitative estimate of drug-likeness (QED) is 0.740. The predicted octanol–water partition coefficient (Wildman–Crippen LogP) is 4.65. The molecule has 4 N–H and O–H groups in total.